The molecule has 0 bridgehead atoms. The van der Waals surface area contributed by atoms with Crippen molar-refractivity contribution >= 4 is 15.9 Å². The summed E-state index contributed by atoms with van der Waals surface area (Å²) in [6.07, 6.45) is 2.91. The third-order valence-electron chi connectivity index (χ3n) is 5.21. The molecule has 2 aromatic carbocycles. The van der Waals surface area contributed by atoms with E-state index < -0.39 is 0 Å². The highest BCUT2D eigenvalue weighted by molar-refractivity contribution is 9.10. The molecule has 29 heavy (non-hydrogen) atoms. The fourth-order valence-electron chi connectivity index (χ4n) is 3.69. The van der Waals surface area contributed by atoms with Gasteiger partial charge in [0.25, 0.3) is 0 Å². The van der Waals surface area contributed by atoms with E-state index in [4.69, 9.17) is 9.40 Å². The van der Waals surface area contributed by atoms with E-state index in [1.165, 1.54) is 5.56 Å². The van der Waals surface area contributed by atoms with Gasteiger partial charge in [0, 0.05) is 46.9 Å². The Hall–Kier alpha value is -2.76. The summed E-state index contributed by atoms with van der Waals surface area (Å²) in [5, 5.41) is 0. The standard InChI is InChI=1S/C24H20BrN3O/c25-20-8-6-17(7-9-20)23-11-10-21(29-23)16-28-13-12-22-19(15-28)14-26-24(27-22)18-4-2-1-3-5-18/h1-11,14H,12-13,15-16H2. The van der Waals surface area contributed by atoms with E-state index in [0.717, 1.165) is 64.7 Å². The summed E-state index contributed by atoms with van der Waals surface area (Å²) in [5.74, 6) is 2.69. The van der Waals surface area contributed by atoms with E-state index in [0.29, 0.717) is 0 Å². The fraction of sp³-hybridized carbons (Fsp3) is 0.167. The van der Waals surface area contributed by atoms with Gasteiger partial charge in [0.05, 0.1) is 12.2 Å². The Balaban J connectivity index is 1.29. The minimum absolute atomic E-state index is 0.788. The lowest BCUT2D eigenvalue weighted by Crippen LogP contribution is -2.30. The van der Waals surface area contributed by atoms with E-state index in [1.807, 2.05) is 42.6 Å². The number of aromatic nitrogens is 2. The zero-order valence-corrected chi connectivity index (χ0v) is 17.5. The minimum Gasteiger partial charge on any atom is -0.460 e. The van der Waals surface area contributed by atoms with Gasteiger partial charge in [-0.05, 0) is 24.3 Å². The van der Waals surface area contributed by atoms with E-state index >= 15 is 0 Å². The molecule has 3 heterocycles. The topological polar surface area (TPSA) is 42.2 Å². The molecule has 5 heteroatoms. The van der Waals surface area contributed by atoms with Gasteiger partial charge in [0.2, 0.25) is 0 Å². The van der Waals surface area contributed by atoms with Crippen molar-refractivity contribution in [3.8, 4) is 22.7 Å². The zero-order valence-electron chi connectivity index (χ0n) is 15.9. The molecule has 0 spiro atoms. The molecular formula is C24H20BrN3O. The van der Waals surface area contributed by atoms with Gasteiger partial charge in [-0.2, -0.15) is 0 Å². The summed E-state index contributed by atoms with van der Waals surface area (Å²) in [7, 11) is 0. The number of furan rings is 1. The molecule has 5 rings (SSSR count). The molecule has 1 aliphatic rings. The van der Waals surface area contributed by atoms with E-state index in [9.17, 15) is 0 Å². The van der Waals surface area contributed by atoms with Crippen LogP contribution in [-0.2, 0) is 19.5 Å². The predicted molar refractivity (Wildman–Crippen MR) is 117 cm³/mol. The van der Waals surface area contributed by atoms with Crippen LogP contribution in [-0.4, -0.2) is 21.4 Å². The maximum atomic E-state index is 6.09. The van der Waals surface area contributed by atoms with Gasteiger partial charge < -0.3 is 4.42 Å². The third-order valence-corrected chi connectivity index (χ3v) is 5.74. The molecule has 0 atom stereocenters. The fourth-order valence-corrected chi connectivity index (χ4v) is 3.95. The Morgan fingerprint density at radius 2 is 1.76 bits per heavy atom. The van der Waals surface area contributed by atoms with Gasteiger partial charge in [-0.15, -0.1) is 0 Å². The van der Waals surface area contributed by atoms with Crippen LogP contribution < -0.4 is 0 Å². The van der Waals surface area contributed by atoms with Crippen molar-refractivity contribution in [2.75, 3.05) is 6.54 Å². The normalized spacial score (nSPS) is 14.0. The molecule has 0 fully saturated rings. The maximum absolute atomic E-state index is 6.09. The second-order valence-electron chi connectivity index (χ2n) is 7.27. The van der Waals surface area contributed by atoms with Crippen molar-refractivity contribution in [1.29, 1.82) is 0 Å². The monoisotopic (exact) mass is 445 g/mol. The van der Waals surface area contributed by atoms with Crippen molar-refractivity contribution in [3.63, 3.8) is 0 Å². The van der Waals surface area contributed by atoms with Crippen LogP contribution in [0.3, 0.4) is 0 Å². The first-order valence-corrected chi connectivity index (χ1v) is 10.5. The molecule has 1 aliphatic heterocycles. The van der Waals surface area contributed by atoms with Crippen molar-refractivity contribution in [3.05, 3.63) is 94.4 Å². The number of benzene rings is 2. The highest BCUT2D eigenvalue weighted by Gasteiger charge is 2.20. The second-order valence-corrected chi connectivity index (χ2v) is 8.18. The van der Waals surface area contributed by atoms with E-state index in [1.54, 1.807) is 0 Å². The lowest BCUT2D eigenvalue weighted by molar-refractivity contribution is 0.224. The quantitative estimate of drug-likeness (QED) is 0.402. The summed E-state index contributed by atoms with van der Waals surface area (Å²) >= 11 is 3.47. The van der Waals surface area contributed by atoms with Crippen LogP contribution in [0.25, 0.3) is 22.7 Å². The van der Waals surface area contributed by atoms with Gasteiger partial charge in [-0.25, -0.2) is 9.97 Å². The van der Waals surface area contributed by atoms with E-state index in [2.05, 4.69) is 56.1 Å². The summed E-state index contributed by atoms with van der Waals surface area (Å²) in [6.45, 7) is 2.60. The molecule has 0 saturated carbocycles. The molecular weight excluding hydrogens is 426 g/mol. The van der Waals surface area contributed by atoms with Crippen LogP contribution in [0.15, 0.2) is 81.8 Å². The van der Waals surface area contributed by atoms with Crippen LogP contribution in [0, 0.1) is 0 Å². The first kappa shape index (κ1) is 18.3. The van der Waals surface area contributed by atoms with E-state index in [-0.39, 0.29) is 0 Å². The number of hydrogen-bond acceptors (Lipinski definition) is 4. The molecule has 0 N–H and O–H groups in total. The van der Waals surface area contributed by atoms with Crippen LogP contribution in [0.4, 0.5) is 0 Å². The maximum Gasteiger partial charge on any atom is 0.159 e. The largest absolute Gasteiger partial charge is 0.460 e. The minimum atomic E-state index is 0.788. The first-order valence-electron chi connectivity index (χ1n) is 9.72. The Kier molecular flexibility index (Phi) is 5.00. The van der Waals surface area contributed by atoms with Gasteiger partial charge in [-0.1, -0.05) is 58.4 Å². The van der Waals surface area contributed by atoms with Crippen LogP contribution in [0.1, 0.15) is 17.0 Å². The lowest BCUT2D eigenvalue weighted by atomic mass is 10.1. The van der Waals surface area contributed by atoms with Gasteiger partial charge in [0.1, 0.15) is 11.5 Å². The highest BCUT2D eigenvalue weighted by Crippen LogP contribution is 2.26. The number of fused-ring (bicyclic) bond motifs is 1. The summed E-state index contributed by atoms with van der Waals surface area (Å²) < 4.78 is 7.16. The first-order chi connectivity index (χ1) is 14.2. The molecule has 0 unspecified atom stereocenters. The SMILES string of the molecule is Brc1ccc(-c2ccc(CN3CCc4nc(-c5ccccc5)ncc4C3)o2)cc1. The molecule has 144 valence electrons. The smallest absolute Gasteiger partial charge is 0.159 e. The van der Waals surface area contributed by atoms with Crippen molar-refractivity contribution in [2.45, 2.75) is 19.5 Å². The Labute approximate surface area is 178 Å². The Morgan fingerprint density at radius 1 is 0.931 bits per heavy atom. The van der Waals surface area contributed by atoms with Gasteiger partial charge in [-0.3, -0.25) is 4.90 Å². The Morgan fingerprint density at radius 3 is 2.59 bits per heavy atom. The summed E-state index contributed by atoms with van der Waals surface area (Å²) in [5.41, 5.74) is 4.51. The van der Waals surface area contributed by atoms with Crippen LogP contribution >= 0.6 is 15.9 Å². The third kappa shape index (κ3) is 4.02. The van der Waals surface area contributed by atoms with Crippen LogP contribution in [0.5, 0.6) is 0 Å². The summed E-state index contributed by atoms with van der Waals surface area (Å²) in [6, 6.07) is 22.5. The summed E-state index contributed by atoms with van der Waals surface area (Å²) in [4.78, 5) is 11.8. The van der Waals surface area contributed by atoms with Crippen molar-refractivity contribution in [2.24, 2.45) is 0 Å². The molecule has 4 nitrogen and oxygen atoms in total. The average Bonchev–Trinajstić information content (AvgIpc) is 3.23. The number of nitrogens with zero attached hydrogens (tertiary/aromatic N) is 3. The average molecular weight is 446 g/mol. The van der Waals surface area contributed by atoms with Gasteiger partial charge in [0.15, 0.2) is 5.82 Å². The number of hydrogen-bond donors (Lipinski definition) is 0. The van der Waals surface area contributed by atoms with Crippen LogP contribution in [0.2, 0.25) is 0 Å². The molecule has 2 aromatic heterocycles. The lowest BCUT2D eigenvalue weighted by Gasteiger charge is -2.27. The van der Waals surface area contributed by atoms with Gasteiger partial charge >= 0.3 is 0 Å². The second kappa shape index (κ2) is 7.93. The number of halogens is 1. The van der Waals surface area contributed by atoms with Crippen molar-refractivity contribution < 1.29 is 4.42 Å². The number of rotatable bonds is 4. The predicted octanol–water partition coefficient (Wildman–Crippen LogP) is 5.72. The molecule has 0 amide bonds. The highest BCUT2D eigenvalue weighted by atomic mass is 79.9. The molecule has 0 aliphatic carbocycles. The molecule has 0 radical (unpaired) electrons. The van der Waals surface area contributed by atoms with Crippen molar-refractivity contribution in [1.82, 2.24) is 14.9 Å². The molecule has 0 saturated heterocycles. The Bertz CT molecular complexity index is 1120. The molecule has 4 aromatic rings. The zero-order chi connectivity index (χ0) is 19.6.